The van der Waals surface area contributed by atoms with Gasteiger partial charge in [0.2, 0.25) is 5.91 Å². The van der Waals surface area contributed by atoms with Gasteiger partial charge in [0.05, 0.1) is 98.9 Å². The fourth-order valence-corrected chi connectivity index (χ4v) is 2.41. The first-order valence-corrected chi connectivity index (χ1v) is 12.3. The molecule has 0 rings (SSSR count). The lowest BCUT2D eigenvalue weighted by molar-refractivity contribution is -0.142. The Kier molecular flexibility index (Phi) is 27.2. The van der Waals surface area contributed by atoms with Gasteiger partial charge in [0, 0.05) is 19.6 Å². The van der Waals surface area contributed by atoms with Crippen molar-refractivity contribution in [1.82, 2.24) is 5.32 Å². The highest BCUT2D eigenvalue weighted by molar-refractivity contribution is 5.80. The van der Waals surface area contributed by atoms with Crippen LogP contribution in [0.3, 0.4) is 0 Å². The minimum atomic E-state index is -1.00. The fraction of sp³-hybridized carbons (Fsp3) is 0.870. The largest absolute Gasteiger partial charge is 0.481 e. The number of amides is 1. The zero-order valence-corrected chi connectivity index (χ0v) is 21.5. The number of hydrogen-bond acceptors (Lipinski definition) is 11. The second-order valence-electron chi connectivity index (χ2n) is 7.33. The van der Waals surface area contributed by atoms with E-state index in [1.54, 1.807) is 0 Å². The molecule has 0 unspecified atom stereocenters. The maximum atomic E-state index is 11.3. The van der Waals surface area contributed by atoms with Crippen molar-refractivity contribution in [3.8, 4) is 0 Å². The highest BCUT2D eigenvalue weighted by atomic mass is 16.6. The minimum Gasteiger partial charge on any atom is -0.481 e. The van der Waals surface area contributed by atoms with Gasteiger partial charge in [0.1, 0.15) is 6.61 Å². The molecule has 0 atom stereocenters. The molecule has 0 heterocycles. The van der Waals surface area contributed by atoms with Crippen LogP contribution < -0.4 is 5.32 Å². The first-order valence-electron chi connectivity index (χ1n) is 12.3. The third kappa shape index (κ3) is 32.1. The van der Waals surface area contributed by atoms with E-state index in [0.717, 1.165) is 0 Å². The van der Waals surface area contributed by atoms with Crippen LogP contribution in [-0.2, 0) is 52.3 Å². The molecule has 218 valence electrons. The number of carboxylic acid groups (broad SMARTS) is 2. The van der Waals surface area contributed by atoms with Crippen LogP contribution in [0.15, 0.2) is 0 Å². The number of carbonyl (C=O) groups is 3. The highest BCUT2D eigenvalue weighted by Crippen LogP contribution is 1.90. The molecule has 0 saturated carbocycles. The molecular weight excluding hydrogens is 498 g/mol. The van der Waals surface area contributed by atoms with E-state index in [2.05, 4.69) is 5.32 Å². The van der Waals surface area contributed by atoms with Crippen molar-refractivity contribution in [3.63, 3.8) is 0 Å². The van der Waals surface area contributed by atoms with Crippen molar-refractivity contribution in [1.29, 1.82) is 0 Å². The monoisotopic (exact) mass is 541 g/mol. The van der Waals surface area contributed by atoms with Gasteiger partial charge in [-0.3, -0.25) is 9.59 Å². The summed E-state index contributed by atoms with van der Waals surface area (Å²) in [6.45, 7) is 6.53. The first kappa shape index (κ1) is 35.1. The van der Waals surface area contributed by atoms with E-state index in [9.17, 15) is 14.4 Å². The van der Waals surface area contributed by atoms with Crippen molar-refractivity contribution in [3.05, 3.63) is 0 Å². The van der Waals surface area contributed by atoms with Crippen molar-refractivity contribution < 1.29 is 62.5 Å². The second kappa shape index (κ2) is 28.7. The lowest BCUT2D eigenvalue weighted by atomic mass is 10.3. The van der Waals surface area contributed by atoms with Crippen LogP contribution in [0.2, 0.25) is 0 Å². The molecule has 0 fully saturated rings. The Bertz CT molecular complexity index is 551. The zero-order chi connectivity index (χ0) is 27.2. The molecule has 0 aromatic heterocycles. The third-order valence-corrected chi connectivity index (χ3v) is 4.18. The molecule has 3 N–H and O–H groups in total. The van der Waals surface area contributed by atoms with Gasteiger partial charge in [0.15, 0.2) is 0 Å². The van der Waals surface area contributed by atoms with Crippen LogP contribution in [0.1, 0.15) is 19.3 Å². The van der Waals surface area contributed by atoms with Gasteiger partial charge < -0.3 is 53.4 Å². The number of carboxylic acids is 2. The summed E-state index contributed by atoms with van der Waals surface area (Å²) in [5, 5.41) is 19.5. The van der Waals surface area contributed by atoms with Crippen molar-refractivity contribution in [2.45, 2.75) is 19.3 Å². The van der Waals surface area contributed by atoms with Gasteiger partial charge in [-0.2, -0.15) is 0 Å². The van der Waals surface area contributed by atoms with Crippen LogP contribution in [-0.4, -0.2) is 140 Å². The molecule has 0 aliphatic rings. The number of ether oxygens (including phenoxy) is 8. The van der Waals surface area contributed by atoms with Gasteiger partial charge in [-0.25, -0.2) is 4.79 Å². The standard InChI is InChI=1S/C23H43NO13/c25-21(2-3-22(26)27)24-4-1-5-30-6-7-31-8-9-32-10-11-33-12-13-34-14-15-35-16-17-36-18-19-37-20-23(28)29/h1-20H2,(H,24,25)(H,26,27)(H,28,29). The van der Waals surface area contributed by atoms with Crippen LogP contribution in [0.4, 0.5) is 0 Å². The van der Waals surface area contributed by atoms with Gasteiger partial charge in [-0.05, 0) is 6.42 Å². The number of hydrogen-bond donors (Lipinski definition) is 3. The molecule has 1 amide bonds. The summed E-state index contributed by atoms with van der Waals surface area (Å²) in [5.41, 5.74) is 0. The molecule has 0 aromatic rings. The number of rotatable bonds is 30. The van der Waals surface area contributed by atoms with Crippen LogP contribution in [0, 0.1) is 0 Å². The first-order chi connectivity index (χ1) is 18.0. The summed E-state index contributed by atoms with van der Waals surface area (Å²) < 4.78 is 42.3. The SMILES string of the molecule is O=C(O)CCC(=O)NCCCOCCOCCOCCOCCOCCOCCOCCOCC(=O)O. The van der Waals surface area contributed by atoms with E-state index >= 15 is 0 Å². The lowest BCUT2D eigenvalue weighted by Crippen LogP contribution is -2.25. The van der Waals surface area contributed by atoms with Crippen LogP contribution in [0.25, 0.3) is 0 Å². The van der Waals surface area contributed by atoms with E-state index in [0.29, 0.717) is 105 Å². The van der Waals surface area contributed by atoms with E-state index in [4.69, 9.17) is 48.1 Å². The maximum Gasteiger partial charge on any atom is 0.329 e. The molecule has 0 bridgehead atoms. The molecule has 37 heavy (non-hydrogen) atoms. The molecular formula is C23H43NO13. The predicted molar refractivity (Wildman–Crippen MR) is 129 cm³/mol. The molecule has 0 aliphatic heterocycles. The quantitative estimate of drug-likeness (QED) is 0.0999. The van der Waals surface area contributed by atoms with Gasteiger partial charge in [-0.15, -0.1) is 0 Å². The highest BCUT2D eigenvalue weighted by Gasteiger charge is 2.04. The molecule has 14 nitrogen and oxygen atoms in total. The summed E-state index contributed by atoms with van der Waals surface area (Å²) >= 11 is 0. The summed E-state index contributed by atoms with van der Waals surface area (Å²) in [4.78, 5) is 31.9. The van der Waals surface area contributed by atoms with Crippen molar-refractivity contribution in [2.75, 3.05) is 112 Å². The number of nitrogens with one attached hydrogen (secondary N) is 1. The molecule has 0 spiro atoms. The Morgan fingerprint density at radius 1 is 0.459 bits per heavy atom. The van der Waals surface area contributed by atoms with Crippen molar-refractivity contribution in [2.24, 2.45) is 0 Å². The smallest absolute Gasteiger partial charge is 0.329 e. The normalized spacial score (nSPS) is 11.0. The fourth-order valence-electron chi connectivity index (χ4n) is 2.41. The van der Waals surface area contributed by atoms with Gasteiger partial charge in [-0.1, -0.05) is 0 Å². The van der Waals surface area contributed by atoms with E-state index in [-0.39, 0.29) is 32.0 Å². The van der Waals surface area contributed by atoms with Crippen molar-refractivity contribution >= 4 is 17.8 Å². The van der Waals surface area contributed by atoms with E-state index < -0.39 is 11.9 Å². The minimum absolute atomic E-state index is 0.0139. The topological polar surface area (TPSA) is 178 Å². The molecule has 0 aromatic carbocycles. The Labute approximate surface area is 217 Å². The molecule has 0 aliphatic carbocycles. The van der Waals surface area contributed by atoms with Crippen LogP contribution in [0.5, 0.6) is 0 Å². The summed E-state index contributed by atoms with van der Waals surface area (Å²) in [6, 6.07) is 0. The molecule has 0 saturated heterocycles. The number of carbonyl (C=O) groups excluding carboxylic acids is 1. The Morgan fingerprint density at radius 2 is 0.811 bits per heavy atom. The maximum absolute atomic E-state index is 11.3. The van der Waals surface area contributed by atoms with Gasteiger partial charge >= 0.3 is 11.9 Å². The van der Waals surface area contributed by atoms with E-state index in [1.165, 1.54) is 0 Å². The van der Waals surface area contributed by atoms with Crippen LogP contribution >= 0.6 is 0 Å². The molecule has 0 radical (unpaired) electrons. The van der Waals surface area contributed by atoms with Gasteiger partial charge in [0.25, 0.3) is 0 Å². The summed E-state index contributed by atoms with van der Waals surface area (Å²) in [7, 11) is 0. The third-order valence-electron chi connectivity index (χ3n) is 4.18. The lowest BCUT2D eigenvalue weighted by Gasteiger charge is -2.08. The summed E-state index contributed by atoms with van der Waals surface area (Å²) in [6.07, 6.45) is 0.465. The second-order valence-corrected chi connectivity index (χ2v) is 7.33. The van der Waals surface area contributed by atoms with E-state index in [1.807, 2.05) is 0 Å². The number of aliphatic carboxylic acids is 2. The predicted octanol–water partition coefficient (Wildman–Crippen LogP) is -0.425. The Balaban J connectivity index is 3.09. The zero-order valence-electron chi connectivity index (χ0n) is 21.5. The average molecular weight is 542 g/mol. The summed E-state index contributed by atoms with van der Waals surface area (Å²) in [5.74, 6) is -2.26. The average Bonchev–Trinajstić information content (AvgIpc) is 2.86. The Morgan fingerprint density at radius 3 is 1.16 bits per heavy atom. The molecule has 14 heteroatoms. The Hall–Kier alpha value is -1.91.